The third kappa shape index (κ3) is 3.83. The summed E-state index contributed by atoms with van der Waals surface area (Å²) in [6.07, 6.45) is 3.15. The second-order valence-electron chi connectivity index (χ2n) is 6.33. The van der Waals surface area contributed by atoms with E-state index in [1.807, 2.05) is 7.05 Å². The molecule has 1 aromatic carbocycles. The molecule has 0 saturated carbocycles. The summed E-state index contributed by atoms with van der Waals surface area (Å²) in [5.41, 5.74) is -0.611. The molecule has 2 unspecified atom stereocenters. The van der Waals surface area contributed by atoms with Crippen molar-refractivity contribution < 1.29 is 9.13 Å². The van der Waals surface area contributed by atoms with E-state index < -0.39 is 11.4 Å². The molecule has 3 rings (SSSR count). The van der Waals surface area contributed by atoms with Gasteiger partial charge in [0.1, 0.15) is 15.9 Å². The quantitative estimate of drug-likeness (QED) is 0.300. The van der Waals surface area contributed by atoms with Crippen molar-refractivity contribution in [3.05, 3.63) is 25.7 Å². The topological polar surface area (TPSA) is 90.8 Å². The van der Waals surface area contributed by atoms with Gasteiger partial charge in [0.2, 0.25) is 0 Å². The zero-order chi connectivity index (χ0) is 19.7. The molecule has 1 aliphatic heterocycles. The van der Waals surface area contributed by atoms with E-state index in [9.17, 15) is 14.4 Å². The number of halogens is 3. The summed E-state index contributed by atoms with van der Waals surface area (Å²) >= 11 is 10.6. The Morgan fingerprint density at radius 1 is 1.59 bits per heavy atom. The van der Waals surface area contributed by atoms with Crippen molar-refractivity contribution in [2.24, 2.45) is 5.92 Å². The average Bonchev–Trinajstić information content (AvgIpc) is 3.08. The number of nitriles is 1. The number of benzene rings is 1. The molecular weight excluding hydrogens is 457 g/mol. The van der Waals surface area contributed by atoms with Crippen molar-refractivity contribution in [1.82, 2.24) is 15.3 Å². The van der Waals surface area contributed by atoms with Crippen LogP contribution in [0.3, 0.4) is 0 Å². The normalized spacial score (nSPS) is 19.5. The Labute approximate surface area is 173 Å². The van der Waals surface area contributed by atoms with Crippen molar-refractivity contribution >= 4 is 56.9 Å². The maximum absolute atomic E-state index is 14.6. The number of ether oxygens (including phenoxy) is 1. The molecule has 142 valence electrons. The second-order valence-corrected chi connectivity index (χ2v) is 8.30. The molecule has 0 amide bonds. The van der Waals surface area contributed by atoms with Crippen molar-refractivity contribution in [2.45, 2.75) is 23.8 Å². The number of aromatic nitrogens is 2. The SMILES string of the molecule is CNC1CB(C#N)CC1COc1c(Cl)c(Br)c(F)c2nc(SC)[nH]c(=O)c12. The summed E-state index contributed by atoms with van der Waals surface area (Å²) in [5, 5.41) is 12.6. The van der Waals surface area contributed by atoms with Gasteiger partial charge < -0.3 is 15.0 Å². The van der Waals surface area contributed by atoms with E-state index in [0.717, 1.165) is 6.32 Å². The van der Waals surface area contributed by atoms with E-state index in [0.29, 0.717) is 11.5 Å². The van der Waals surface area contributed by atoms with Crippen LogP contribution in [0.15, 0.2) is 14.4 Å². The fourth-order valence-corrected chi connectivity index (χ4v) is 4.40. The summed E-state index contributed by atoms with van der Waals surface area (Å²) < 4.78 is 20.5. The zero-order valence-corrected chi connectivity index (χ0v) is 17.8. The van der Waals surface area contributed by atoms with Gasteiger partial charge in [0.15, 0.2) is 16.7 Å². The summed E-state index contributed by atoms with van der Waals surface area (Å²) in [7, 11) is 1.84. The Bertz CT molecular complexity index is 986. The lowest BCUT2D eigenvalue weighted by Gasteiger charge is -2.21. The first-order chi connectivity index (χ1) is 12.9. The highest BCUT2D eigenvalue weighted by Crippen LogP contribution is 2.41. The molecule has 11 heteroatoms. The molecule has 1 saturated heterocycles. The molecule has 0 bridgehead atoms. The Balaban J connectivity index is 2.02. The lowest BCUT2D eigenvalue weighted by atomic mass is 9.49. The van der Waals surface area contributed by atoms with Gasteiger partial charge in [0, 0.05) is 17.9 Å². The number of aromatic amines is 1. The lowest BCUT2D eigenvalue weighted by Crippen LogP contribution is -2.32. The number of thioether (sulfide) groups is 1. The van der Waals surface area contributed by atoms with Gasteiger partial charge in [0.25, 0.3) is 12.3 Å². The number of hydrogen-bond donors (Lipinski definition) is 2. The van der Waals surface area contributed by atoms with Crippen LogP contribution < -0.4 is 15.6 Å². The van der Waals surface area contributed by atoms with Crippen molar-refractivity contribution in [3.8, 4) is 11.7 Å². The first kappa shape index (κ1) is 20.5. The molecule has 1 fully saturated rings. The van der Waals surface area contributed by atoms with Gasteiger partial charge in [-0.2, -0.15) is 0 Å². The Hall–Kier alpha value is -1.28. The number of hydrogen-bond acceptors (Lipinski definition) is 6. The van der Waals surface area contributed by atoms with E-state index >= 15 is 0 Å². The molecule has 0 radical (unpaired) electrons. The molecule has 6 nitrogen and oxygen atoms in total. The molecule has 2 heterocycles. The van der Waals surface area contributed by atoms with Crippen LogP contribution in [-0.2, 0) is 0 Å². The van der Waals surface area contributed by atoms with Gasteiger partial charge in [-0.15, -0.1) is 0 Å². The van der Waals surface area contributed by atoms with Gasteiger partial charge >= 0.3 is 0 Å². The largest absolute Gasteiger partial charge is 0.491 e. The van der Waals surface area contributed by atoms with Crippen LogP contribution in [0, 0.1) is 23.0 Å². The summed E-state index contributed by atoms with van der Waals surface area (Å²) in [5.74, 6) is 1.75. The summed E-state index contributed by atoms with van der Waals surface area (Å²) in [4.78, 5) is 19.3. The smallest absolute Gasteiger partial charge is 0.269 e. The molecule has 0 aliphatic carbocycles. The maximum atomic E-state index is 14.6. The van der Waals surface area contributed by atoms with Crippen LogP contribution in [0.1, 0.15) is 0 Å². The van der Waals surface area contributed by atoms with E-state index in [2.05, 4.69) is 37.2 Å². The van der Waals surface area contributed by atoms with E-state index in [1.165, 1.54) is 11.8 Å². The van der Waals surface area contributed by atoms with Gasteiger partial charge in [0.05, 0.1) is 11.1 Å². The highest BCUT2D eigenvalue weighted by molar-refractivity contribution is 9.10. The van der Waals surface area contributed by atoms with Crippen LogP contribution in [0.5, 0.6) is 5.75 Å². The fourth-order valence-electron chi connectivity index (χ4n) is 3.42. The van der Waals surface area contributed by atoms with Crippen molar-refractivity contribution in [3.63, 3.8) is 0 Å². The Morgan fingerprint density at radius 2 is 2.33 bits per heavy atom. The predicted molar refractivity (Wildman–Crippen MR) is 110 cm³/mol. The molecule has 2 aromatic rings. The van der Waals surface area contributed by atoms with Crippen LogP contribution in [0.4, 0.5) is 4.39 Å². The summed E-state index contributed by atoms with van der Waals surface area (Å²) in [6.45, 7) is 0.206. The van der Waals surface area contributed by atoms with Gasteiger partial charge in [-0.3, -0.25) is 4.79 Å². The van der Waals surface area contributed by atoms with Crippen LogP contribution in [-0.4, -0.2) is 42.6 Å². The average molecular weight is 474 g/mol. The van der Waals surface area contributed by atoms with E-state index in [-0.39, 0.29) is 51.4 Å². The third-order valence-corrected chi connectivity index (χ3v) is 6.71. The highest BCUT2D eigenvalue weighted by Gasteiger charge is 2.37. The minimum Gasteiger partial charge on any atom is -0.491 e. The molecule has 1 aliphatic rings. The standard InChI is InChI=1S/C16H16BBrClFN4O2S/c1-22-8-4-17(6-21)3-7(8)5-26-14-9-13(12(20)10(18)11(14)19)23-16(27-2)24-15(9)25/h7-8,22H,3-5H2,1-2H3,(H,23,24,25). The first-order valence-electron chi connectivity index (χ1n) is 8.25. The number of rotatable bonds is 5. The predicted octanol–water partition coefficient (Wildman–Crippen LogP) is 3.35. The molecule has 27 heavy (non-hydrogen) atoms. The molecule has 2 N–H and O–H groups in total. The van der Waals surface area contributed by atoms with Gasteiger partial charge in [-0.1, -0.05) is 29.7 Å². The first-order valence-corrected chi connectivity index (χ1v) is 10.6. The second kappa shape index (κ2) is 8.39. The zero-order valence-electron chi connectivity index (χ0n) is 14.6. The summed E-state index contributed by atoms with van der Waals surface area (Å²) in [6, 6.07) is 0.128. The van der Waals surface area contributed by atoms with Crippen molar-refractivity contribution in [1.29, 1.82) is 5.26 Å². The number of fused-ring (bicyclic) bond motifs is 1. The van der Waals surface area contributed by atoms with Gasteiger partial charge in [-0.05, 0) is 35.6 Å². The molecule has 0 spiro atoms. The van der Waals surface area contributed by atoms with Gasteiger partial charge in [-0.25, -0.2) is 14.6 Å². The van der Waals surface area contributed by atoms with Crippen LogP contribution >= 0.6 is 39.3 Å². The fraction of sp³-hybridized carbons (Fsp3) is 0.438. The maximum Gasteiger partial charge on any atom is 0.269 e. The third-order valence-electron chi connectivity index (χ3n) is 4.80. The Morgan fingerprint density at radius 3 is 2.96 bits per heavy atom. The minimum atomic E-state index is -0.706. The number of H-pyrrole nitrogens is 1. The van der Waals surface area contributed by atoms with E-state index in [1.54, 1.807) is 6.26 Å². The Kier molecular flexibility index (Phi) is 6.36. The molecular formula is C16H16BBrClFN4O2S. The highest BCUT2D eigenvalue weighted by atomic mass is 79.9. The molecule has 1 aromatic heterocycles. The lowest BCUT2D eigenvalue weighted by molar-refractivity contribution is 0.241. The monoisotopic (exact) mass is 472 g/mol. The van der Waals surface area contributed by atoms with E-state index in [4.69, 9.17) is 16.3 Å². The number of nitrogens with one attached hydrogen (secondary N) is 2. The molecule has 2 atom stereocenters. The van der Waals surface area contributed by atoms with Crippen LogP contribution in [0.25, 0.3) is 10.9 Å². The van der Waals surface area contributed by atoms with Crippen LogP contribution in [0.2, 0.25) is 17.7 Å². The van der Waals surface area contributed by atoms with Crippen molar-refractivity contribution in [2.75, 3.05) is 19.9 Å². The number of nitrogens with zero attached hydrogens (tertiary/aromatic N) is 2. The minimum absolute atomic E-state index is 0.00306.